The van der Waals surface area contributed by atoms with Crippen LogP contribution in [0.1, 0.15) is 28.5 Å². The molecule has 4 heteroatoms. The Morgan fingerprint density at radius 3 is 2.60 bits per heavy atom. The quantitative estimate of drug-likeness (QED) is 0.929. The van der Waals surface area contributed by atoms with Gasteiger partial charge in [0.25, 0.3) is 5.91 Å². The van der Waals surface area contributed by atoms with Crippen LogP contribution in [-0.4, -0.2) is 21.9 Å². The average molecular weight is 271 g/mol. The number of hydrogen-bond acceptors (Lipinski definition) is 2. The van der Waals surface area contributed by atoms with Gasteiger partial charge < -0.3 is 15.2 Å². The van der Waals surface area contributed by atoms with Gasteiger partial charge in [0.15, 0.2) is 0 Å². The topological polar surface area (TPSA) is 51.3 Å². The van der Waals surface area contributed by atoms with Crippen LogP contribution in [0.5, 0.6) is 0 Å². The molecule has 0 spiro atoms. The Hall–Kier alpha value is -2.23. The minimum absolute atomic E-state index is 0.00922. The number of benzene rings is 1. The van der Waals surface area contributed by atoms with Crippen molar-refractivity contribution in [2.24, 2.45) is 7.05 Å². The van der Waals surface area contributed by atoms with Gasteiger partial charge in [-0.05, 0) is 31.0 Å². The second-order valence-electron chi connectivity index (χ2n) is 5.02. The third-order valence-corrected chi connectivity index (χ3v) is 3.54. The van der Waals surface area contributed by atoms with Gasteiger partial charge in [-0.25, -0.2) is 0 Å². The molecule has 0 atom stereocenters. The molecule has 4 nitrogen and oxygen atoms in total. The second kappa shape index (κ2) is 5.82. The molecule has 0 bridgehead atoms. The summed E-state index contributed by atoms with van der Waals surface area (Å²) in [5.41, 5.74) is 9.35. The van der Waals surface area contributed by atoms with Gasteiger partial charge in [0.2, 0.25) is 0 Å². The van der Waals surface area contributed by atoms with Gasteiger partial charge in [0.1, 0.15) is 5.69 Å². The highest BCUT2D eigenvalue weighted by Gasteiger charge is 2.18. The monoisotopic (exact) mass is 271 g/mol. The maximum Gasteiger partial charge on any atom is 0.270 e. The van der Waals surface area contributed by atoms with Gasteiger partial charge in [0, 0.05) is 26.3 Å². The van der Waals surface area contributed by atoms with E-state index < -0.39 is 0 Å². The summed E-state index contributed by atoms with van der Waals surface area (Å²) in [5, 5.41) is 0. The molecule has 1 heterocycles. The Bertz CT molecular complexity index is 616. The summed E-state index contributed by atoms with van der Waals surface area (Å²) < 4.78 is 1.78. The van der Waals surface area contributed by atoms with E-state index in [-0.39, 0.29) is 5.91 Å². The molecule has 0 fully saturated rings. The summed E-state index contributed by atoms with van der Waals surface area (Å²) in [6, 6.07) is 9.86. The number of amides is 1. The minimum Gasteiger partial charge on any atom is -0.397 e. The first kappa shape index (κ1) is 14.2. The molecule has 20 heavy (non-hydrogen) atoms. The minimum atomic E-state index is 0.00922. The van der Waals surface area contributed by atoms with Gasteiger partial charge in [-0.1, -0.05) is 24.3 Å². The van der Waals surface area contributed by atoms with Crippen molar-refractivity contribution >= 4 is 11.6 Å². The lowest BCUT2D eigenvalue weighted by molar-refractivity contribution is 0.0743. The smallest absolute Gasteiger partial charge is 0.270 e. The van der Waals surface area contributed by atoms with Crippen LogP contribution in [0.2, 0.25) is 0 Å². The highest BCUT2D eigenvalue weighted by Crippen LogP contribution is 2.15. The highest BCUT2D eigenvalue weighted by atomic mass is 16.2. The molecule has 0 saturated heterocycles. The van der Waals surface area contributed by atoms with Crippen LogP contribution >= 0.6 is 0 Å². The van der Waals surface area contributed by atoms with Gasteiger partial charge in [-0.2, -0.15) is 0 Å². The fourth-order valence-corrected chi connectivity index (χ4v) is 2.29. The fourth-order valence-electron chi connectivity index (χ4n) is 2.29. The molecular weight excluding hydrogens is 250 g/mol. The maximum absolute atomic E-state index is 12.6. The Morgan fingerprint density at radius 1 is 1.35 bits per heavy atom. The summed E-state index contributed by atoms with van der Waals surface area (Å²) in [5.74, 6) is 0.00922. The largest absolute Gasteiger partial charge is 0.397 e. The third-order valence-electron chi connectivity index (χ3n) is 3.54. The molecule has 0 aliphatic heterocycles. The molecule has 2 N–H and O–H groups in total. The van der Waals surface area contributed by atoms with E-state index in [9.17, 15) is 4.79 Å². The Kier molecular flexibility index (Phi) is 4.13. The Morgan fingerprint density at radius 2 is 2.05 bits per heavy atom. The summed E-state index contributed by atoms with van der Waals surface area (Å²) in [7, 11) is 1.84. The SMILES string of the molecule is CCN(Cc1ccccc1C)C(=O)c1cc(N)cn1C. The van der Waals surface area contributed by atoms with Crippen molar-refractivity contribution in [3.63, 3.8) is 0 Å². The molecule has 0 aliphatic carbocycles. The number of anilines is 1. The van der Waals surface area contributed by atoms with Crippen LogP contribution in [0.4, 0.5) is 5.69 Å². The van der Waals surface area contributed by atoms with Crippen LogP contribution in [-0.2, 0) is 13.6 Å². The molecule has 1 aromatic carbocycles. The zero-order valence-corrected chi connectivity index (χ0v) is 12.3. The van der Waals surface area contributed by atoms with E-state index in [2.05, 4.69) is 19.1 Å². The molecule has 0 aliphatic rings. The first-order valence-electron chi connectivity index (χ1n) is 6.78. The van der Waals surface area contributed by atoms with Gasteiger partial charge >= 0.3 is 0 Å². The fraction of sp³-hybridized carbons (Fsp3) is 0.312. The Labute approximate surface area is 119 Å². The van der Waals surface area contributed by atoms with E-state index in [0.29, 0.717) is 24.5 Å². The number of carbonyl (C=O) groups is 1. The first-order valence-corrected chi connectivity index (χ1v) is 6.78. The van der Waals surface area contributed by atoms with Crippen molar-refractivity contribution < 1.29 is 4.79 Å². The van der Waals surface area contributed by atoms with Gasteiger partial charge in [-0.3, -0.25) is 4.79 Å². The summed E-state index contributed by atoms with van der Waals surface area (Å²) in [6.45, 7) is 5.34. The standard InChI is InChI=1S/C16H21N3O/c1-4-19(10-13-8-6-5-7-12(13)2)16(20)15-9-14(17)11-18(15)3/h5-9,11H,4,10,17H2,1-3H3. The molecule has 1 amide bonds. The molecule has 106 valence electrons. The molecule has 2 rings (SSSR count). The molecule has 0 saturated carbocycles. The van der Waals surface area contributed by atoms with Crippen LogP contribution in [0.25, 0.3) is 0 Å². The number of nitrogens with two attached hydrogens (primary N) is 1. The number of carbonyl (C=O) groups excluding carboxylic acids is 1. The molecule has 0 radical (unpaired) electrons. The normalized spacial score (nSPS) is 10.6. The van der Waals surface area contributed by atoms with Crippen molar-refractivity contribution in [3.8, 4) is 0 Å². The highest BCUT2D eigenvalue weighted by molar-refractivity contribution is 5.93. The van der Waals surface area contributed by atoms with E-state index in [4.69, 9.17) is 5.73 Å². The van der Waals surface area contributed by atoms with E-state index in [1.807, 2.05) is 31.0 Å². The number of nitrogen functional groups attached to an aromatic ring is 1. The van der Waals surface area contributed by atoms with Crippen molar-refractivity contribution in [1.82, 2.24) is 9.47 Å². The Balaban J connectivity index is 2.22. The summed E-state index contributed by atoms with van der Waals surface area (Å²) in [4.78, 5) is 14.4. The van der Waals surface area contributed by atoms with E-state index in [1.165, 1.54) is 11.1 Å². The van der Waals surface area contributed by atoms with E-state index in [0.717, 1.165) is 0 Å². The maximum atomic E-state index is 12.6. The van der Waals surface area contributed by atoms with E-state index >= 15 is 0 Å². The van der Waals surface area contributed by atoms with Crippen LogP contribution in [0.15, 0.2) is 36.5 Å². The molecular formula is C16H21N3O. The molecule has 1 aromatic heterocycles. The molecule has 2 aromatic rings. The summed E-state index contributed by atoms with van der Waals surface area (Å²) >= 11 is 0. The zero-order valence-electron chi connectivity index (χ0n) is 12.3. The lowest BCUT2D eigenvalue weighted by atomic mass is 10.1. The second-order valence-corrected chi connectivity index (χ2v) is 5.02. The van der Waals surface area contributed by atoms with Crippen LogP contribution in [0, 0.1) is 6.92 Å². The predicted molar refractivity (Wildman–Crippen MR) is 81.4 cm³/mol. The van der Waals surface area contributed by atoms with Crippen LogP contribution in [0.3, 0.4) is 0 Å². The van der Waals surface area contributed by atoms with E-state index in [1.54, 1.807) is 16.8 Å². The predicted octanol–water partition coefficient (Wildman–Crippen LogP) is 2.58. The van der Waals surface area contributed by atoms with Crippen LogP contribution < -0.4 is 5.73 Å². The lowest BCUT2D eigenvalue weighted by Gasteiger charge is -2.22. The number of aryl methyl sites for hydroxylation is 2. The number of rotatable bonds is 4. The lowest BCUT2D eigenvalue weighted by Crippen LogP contribution is -2.31. The third kappa shape index (κ3) is 2.85. The number of hydrogen-bond donors (Lipinski definition) is 1. The molecule has 0 unspecified atom stereocenters. The average Bonchev–Trinajstić information content (AvgIpc) is 2.76. The zero-order chi connectivity index (χ0) is 14.7. The first-order chi connectivity index (χ1) is 9.52. The van der Waals surface area contributed by atoms with Crippen molar-refractivity contribution in [3.05, 3.63) is 53.3 Å². The van der Waals surface area contributed by atoms with Gasteiger partial charge in [-0.15, -0.1) is 0 Å². The van der Waals surface area contributed by atoms with Gasteiger partial charge in [0.05, 0.1) is 5.69 Å². The summed E-state index contributed by atoms with van der Waals surface area (Å²) in [6.07, 6.45) is 1.76. The number of aromatic nitrogens is 1. The number of nitrogens with zero attached hydrogens (tertiary/aromatic N) is 2. The van der Waals surface area contributed by atoms with Crippen molar-refractivity contribution in [1.29, 1.82) is 0 Å². The van der Waals surface area contributed by atoms with Crippen molar-refractivity contribution in [2.45, 2.75) is 20.4 Å². The van der Waals surface area contributed by atoms with Crippen molar-refractivity contribution in [2.75, 3.05) is 12.3 Å².